The average molecular weight is 426 g/mol. The van der Waals surface area contributed by atoms with Crippen LogP contribution in [-0.2, 0) is 0 Å². The molecule has 32 heavy (non-hydrogen) atoms. The molecule has 0 aliphatic heterocycles. The number of hydrogen-bond donors (Lipinski definition) is 0. The number of hydrogen-bond acceptors (Lipinski definition) is 3. The second-order valence-electron chi connectivity index (χ2n) is 9.02. The van der Waals surface area contributed by atoms with Crippen molar-refractivity contribution in [3.05, 3.63) is 98.4 Å². The molecule has 0 saturated carbocycles. The van der Waals surface area contributed by atoms with Crippen LogP contribution in [-0.4, -0.2) is 17.4 Å². The Morgan fingerprint density at radius 2 is 0.969 bits per heavy atom. The highest BCUT2D eigenvalue weighted by atomic mass is 14.9. The largest absolute Gasteiger partial charge is 0.283 e. The summed E-state index contributed by atoms with van der Waals surface area (Å²) in [5.41, 5.74) is 11.9. The standard InChI is InChI=1S/C29H35N3/c1-18-12-20(3)26(21(4)13-18)16-30-24(7)28-10-9-11-29(32-28)25(8)31-17-27-22(5)14-19(2)15-23(27)6/h9-17,24-25H,1-8H3. The van der Waals surface area contributed by atoms with Crippen LogP contribution in [0, 0.1) is 41.5 Å². The molecule has 3 aromatic rings. The quantitative estimate of drug-likeness (QED) is 0.382. The van der Waals surface area contributed by atoms with Gasteiger partial charge in [-0.2, -0.15) is 0 Å². The van der Waals surface area contributed by atoms with Gasteiger partial charge in [-0.05, 0) is 101 Å². The van der Waals surface area contributed by atoms with Crippen LogP contribution in [0.4, 0.5) is 0 Å². The van der Waals surface area contributed by atoms with Crippen LogP contribution >= 0.6 is 0 Å². The summed E-state index contributed by atoms with van der Waals surface area (Å²) < 4.78 is 0. The lowest BCUT2D eigenvalue weighted by atomic mass is 10.0. The van der Waals surface area contributed by atoms with Crippen molar-refractivity contribution in [2.45, 2.75) is 67.5 Å². The minimum atomic E-state index is -0.0205. The van der Waals surface area contributed by atoms with Gasteiger partial charge >= 0.3 is 0 Å². The third kappa shape index (κ3) is 5.59. The summed E-state index contributed by atoms with van der Waals surface area (Å²) in [5, 5.41) is 0. The highest BCUT2D eigenvalue weighted by molar-refractivity contribution is 5.84. The van der Waals surface area contributed by atoms with Gasteiger partial charge in [0.15, 0.2) is 0 Å². The zero-order valence-corrected chi connectivity index (χ0v) is 20.7. The predicted molar refractivity (Wildman–Crippen MR) is 138 cm³/mol. The Bertz CT molecular complexity index is 1040. The van der Waals surface area contributed by atoms with Crippen molar-refractivity contribution < 1.29 is 0 Å². The molecule has 3 heteroatoms. The summed E-state index contributed by atoms with van der Waals surface area (Å²) in [5.74, 6) is 0. The molecule has 2 aromatic carbocycles. The summed E-state index contributed by atoms with van der Waals surface area (Å²) in [4.78, 5) is 14.5. The van der Waals surface area contributed by atoms with Crippen LogP contribution in [0.25, 0.3) is 0 Å². The summed E-state index contributed by atoms with van der Waals surface area (Å²) in [6.45, 7) is 17.0. The van der Waals surface area contributed by atoms with E-state index in [1.165, 1.54) is 44.5 Å². The van der Waals surface area contributed by atoms with E-state index in [0.29, 0.717) is 0 Å². The van der Waals surface area contributed by atoms with E-state index >= 15 is 0 Å². The Morgan fingerprint density at radius 3 is 1.31 bits per heavy atom. The van der Waals surface area contributed by atoms with E-state index in [9.17, 15) is 0 Å². The molecule has 0 saturated heterocycles. The van der Waals surface area contributed by atoms with E-state index in [0.717, 1.165) is 11.4 Å². The van der Waals surface area contributed by atoms with Crippen LogP contribution in [0.3, 0.4) is 0 Å². The van der Waals surface area contributed by atoms with Gasteiger partial charge in [-0.3, -0.25) is 15.0 Å². The van der Waals surface area contributed by atoms with Crippen LogP contribution < -0.4 is 0 Å². The van der Waals surface area contributed by atoms with Crippen molar-refractivity contribution in [3.8, 4) is 0 Å². The smallest absolute Gasteiger partial charge is 0.0891 e. The SMILES string of the molecule is Cc1cc(C)c(C=NC(C)c2cccc(C(C)N=Cc3c(C)cc(C)cc3C)n2)c(C)c1. The molecule has 1 aromatic heterocycles. The lowest BCUT2D eigenvalue weighted by molar-refractivity contribution is 0.734. The predicted octanol–water partition coefficient (Wildman–Crippen LogP) is 7.29. The fraction of sp³-hybridized carbons (Fsp3) is 0.345. The molecule has 1 heterocycles. The molecule has 0 N–H and O–H groups in total. The van der Waals surface area contributed by atoms with Gasteiger partial charge in [0, 0.05) is 12.4 Å². The highest BCUT2D eigenvalue weighted by Gasteiger charge is 2.11. The Hall–Kier alpha value is -3.07. The summed E-state index contributed by atoms with van der Waals surface area (Å²) in [6, 6.07) is 14.9. The number of pyridine rings is 1. The van der Waals surface area contributed by atoms with E-state index in [1.54, 1.807) is 0 Å². The molecule has 0 spiro atoms. The third-order valence-electron chi connectivity index (χ3n) is 5.98. The molecule has 3 nitrogen and oxygen atoms in total. The summed E-state index contributed by atoms with van der Waals surface area (Å²) >= 11 is 0. The van der Waals surface area contributed by atoms with Crippen LogP contribution in [0.15, 0.2) is 52.4 Å². The lowest BCUT2D eigenvalue weighted by Crippen LogP contribution is -2.02. The van der Waals surface area contributed by atoms with E-state index in [-0.39, 0.29) is 12.1 Å². The second-order valence-corrected chi connectivity index (χ2v) is 9.02. The number of nitrogens with zero attached hydrogens (tertiary/aromatic N) is 3. The molecule has 2 atom stereocenters. The Balaban J connectivity index is 1.79. The fourth-order valence-electron chi connectivity index (χ4n) is 4.25. The number of aliphatic imine (C=N–C) groups is 2. The van der Waals surface area contributed by atoms with Crippen LogP contribution in [0.5, 0.6) is 0 Å². The average Bonchev–Trinajstić information content (AvgIpc) is 2.72. The van der Waals surface area contributed by atoms with E-state index in [2.05, 4.69) is 85.7 Å². The first-order valence-corrected chi connectivity index (χ1v) is 11.3. The molecule has 166 valence electrons. The van der Waals surface area contributed by atoms with E-state index in [4.69, 9.17) is 15.0 Å². The van der Waals surface area contributed by atoms with E-state index in [1.807, 2.05) is 24.6 Å². The molecule has 0 fully saturated rings. The van der Waals surface area contributed by atoms with Gasteiger partial charge in [0.1, 0.15) is 0 Å². The first-order chi connectivity index (χ1) is 15.2. The molecule has 0 amide bonds. The number of benzene rings is 2. The molecule has 0 aliphatic carbocycles. The number of aryl methyl sites for hydroxylation is 6. The maximum absolute atomic E-state index is 4.89. The van der Waals surface area contributed by atoms with Gasteiger partial charge in [0.25, 0.3) is 0 Å². The summed E-state index contributed by atoms with van der Waals surface area (Å²) in [7, 11) is 0. The first kappa shape index (κ1) is 23.6. The molecule has 2 unspecified atom stereocenters. The van der Waals surface area contributed by atoms with Gasteiger partial charge in [-0.1, -0.05) is 41.5 Å². The number of aromatic nitrogens is 1. The lowest BCUT2D eigenvalue weighted by Gasteiger charge is -2.12. The second kappa shape index (κ2) is 10.0. The van der Waals surface area contributed by atoms with Crippen molar-refractivity contribution in [1.29, 1.82) is 0 Å². The fourth-order valence-corrected chi connectivity index (χ4v) is 4.25. The van der Waals surface area contributed by atoms with Crippen LogP contribution in [0.1, 0.15) is 81.8 Å². The Kier molecular flexibility index (Phi) is 7.40. The molecular weight excluding hydrogens is 390 g/mol. The van der Waals surface area contributed by atoms with Gasteiger partial charge in [-0.25, -0.2) is 0 Å². The zero-order chi connectivity index (χ0) is 23.4. The maximum Gasteiger partial charge on any atom is 0.0891 e. The minimum absolute atomic E-state index is 0.0205. The maximum atomic E-state index is 4.89. The van der Waals surface area contributed by atoms with Crippen molar-refractivity contribution in [1.82, 2.24) is 4.98 Å². The highest BCUT2D eigenvalue weighted by Crippen LogP contribution is 2.22. The zero-order valence-electron chi connectivity index (χ0n) is 20.7. The minimum Gasteiger partial charge on any atom is -0.283 e. The van der Waals surface area contributed by atoms with Crippen molar-refractivity contribution in [3.63, 3.8) is 0 Å². The Morgan fingerprint density at radius 1 is 0.625 bits per heavy atom. The molecule has 3 rings (SSSR count). The monoisotopic (exact) mass is 425 g/mol. The first-order valence-electron chi connectivity index (χ1n) is 11.3. The van der Waals surface area contributed by atoms with Crippen LogP contribution in [0.2, 0.25) is 0 Å². The normalized spacial score (nSPS) is 13.8. The topological polar surface area (TPSA) is 37.6 Å². The van der Waals surface area contributed by atoms with Crippen molar-refractivity contribution in [2.24, 2.45) is 9.98 Å². The van der Waals surface area contributed by atoms with Crippen molar-refractivity contribution >= 4 is 12.4 Å². The molecule has 0 aliphatic rings. The molecular formula is C29H35N3. The van der Waals surface area contributed by atoms with E-state index < -0.39 is 0 Å². The summed E-state index contributed by atoms with van der Waals surface area (Å²) in [6.07, 6.45) is 3.99. The van der Waals surface area contributed by atoms with Gasteiger partial charge < -0.3 is 0 Å². The molecule has 0 radical (unpaired) electrons. The Labute approximate surface area is 193 Å². The van der Waals surface area contributed by atoms with Gasteiger partial charge in [-0.15, -0.1) is 0 Å². The third-order valence-corrected chi connectivity index (χ3v) is 5.98. The van der Waals surface area contributed by atoms with Gasteiger partial charge in [0.2, 0.25) is 0 Å². The molecule has 0 bridgehead atoms. The van der Waals surface area contributed by atoms with Crippen molar-refractivity contribution in [2.75, 3.05) is 0 Å². The number of rotatable bonds is 6. The van der Waals surface area contributed by atoms with Gasteiger partial charge in [0.05, 0.1) is 23.5 Å².